The van der Waals surface area contributed by atoms with Crippen molar-refractivity contribution >= 4 is 38.9 Å². The van der Waals surface area contributed by atoms with E-state index in [-0.39, 0.29) is 10.5 Å². The van der Waals surface area contributed by atoms with Gasteiger partial charge in [-0.05, 0) is 61.4 Å². The third kappa shape index (κ3) is 4.75. The van der Waals surface area contributed by atoms with Gasteiger partial charge in [-0.2, -0.15) is 0 Å². The first kappa shape index (κ1) is 21.7. The van der Waals surface area contributed by atoms with E-state index in [1.165, 1.54) is 13.2 Å². The molecule has 0 spiro atoms. The molecule has 0 aromatic heterocycles. The number of nitrogens with one attached hydrogen (secondary N) is 2. The van der Waals surface area contributed by atoms with Crippen molar-refractivity contribution in [2.75, 3.05) is 17.1 Å². The lowest BCUT2D eigenvalue weighted by Gasteiger charge is -2.14. The van der Waals surface area contributed by atoms with Gasteiger partial charge < -0.3 is 10.1 Å². The van der Waals surface area contributed by atoms with E-state index >= 15 is 0 Å². The van der Waals surface area contributed by atoms with E-state index in [0.717, 1.165) is 5.56 Å². The van der Waals surface area contributed by atoms with Gasteiger partial charge in [0.15, 0.2) is 0 Å². The number of carbonyl (C=O) groups is 1. The smallest absolute Gasteiger partial charge is 0.262 e. The lowest BCUT2D eigenvalue weighted by molar-refractivity contribution is 0.102. The van der Waals surface area contributed by atoms with Crippen molar-refractivity contribution in [3.05, 3.63) is 82.4 Å². The van der Waals surface area contributed by atoms with Gasteiger partial charge in [0.25, 0.3) is 15.9 Å². The second-order valence-corrected chi connectivity index (χ2v) is 8.79. The molecule has 0 aliphatic rings. The third-order valence-electron chi connectivity index (χ3n) is 4.54. The molecule has 8 heteroatoms. The molecule has 0 saturated carbocycles. The largest absolute Gasteiger partial charge is 0.495 e. The maximum absolute atomic E-state index is 13.0. The van der Waals surface area contributed by atoms with E-state index in [1.54, 1.807) is 49.4 Å². The van der Waals surface area contributed by atoms with Gasteiger partial charge in [0.2, 0.25) is 0 Å². The van der Waals surface area contributed by atoms with Crippen molar-refractivity contribution in [3.8, 4) is 5.75 Å². The summed E-state index contributed by atoms with van der Waals surface area (Å²) in [6.45, 7) is 3.49. The number of para-hydroxylation sites is 1. The highest BCUT2D eigenvalue weighted by atomic mass is 35.5. The Morgan fingerprint density at radius 2 is 1.67 bits per heavy atom. The van der Waals surface area contributed by atoms with Crippen LogP contribution in [0.3, 0.4) is 0 Å². The first-order chi connectivity index (χ1) is 14.2. The van der Waals surface area contributed by atoms with Gasteiger partial charge in [-0.15, -0.1) is 0 Å². The first-order valence-corrected chi connectivity index (χ1v) is 10.9. The maximum Gasteiger partial charge on any atom is 0.262 e. The summed E-state index contributed by atoms with van der Waals surface area (Å²) in [7, 11) is -2.41. The third-order valence-corrected chi connectivity index (χ3v) is 6.28. The van der Waals surface area contributed by atoms with Crippen LogP contribution >= 0.6 is 11.6 Å². The quantitative estimate of drug-likeness (QED) is 0.559. The molecule has 0 radical (unpaired) electrons. The Balaban J connectivity index is 1.92. The summed E-state index contributed by atoms with van der Waals surface area (Å²) in [6, 6.07) is 16.4. The molecule has 30 heavy (non-hydrogen) atoms. The van der Waals surface area contributed by atoms with E-state index in [2.05, 4.69) is 10.0 Å². The summed E-state index contributed by atoms with van der Waals surface area (Å²) in [4.78, 5) is 12.8. The summed E-state index contributed by atoms with van der Waals surface area (Å²) in [5.41, 5.74) is 2.37. The van der Waals surface area contributed by atoms with Gasteiger partial charge in [0.1, 0.15) is 5.75 Å². The van der Waals surface area contributed by atoms with Crippen LogP contribution < -0.4 is 14.8 Å². The number of rotatable bonds is 6. The van der Waals surface area contributed by atoms with Crippen LogP contribution in [0.15, 0.2) is 65.6 Å². The standard InChI is InChI=1S/C22H21ClN2O4S/c1-14-6-4-5-7-18(14)25-30(27,28)21-12-16(9-8-15(21)2)22(26)24-19-13-17(23)10-11-20(19)29-3/h4-13,25H,1-3H3,(H,24,26). The number of benzene rings is 3. The summed E-state index contributed by atoms with van der Waals surface area (Å²) >= 11 is 6.00. The molecule has 0 fully saturated rings. The molecule has 6 nitrogen and oxygen atoms in total. The number of aryl methyl sites for hydroxylation is 2. The fraction of sp³-hybridized carbons (Fsp3) is 0.136. The molecule has 2 N–H and O–H groups in total. The van der Waals surface area contributed by atoms with Gasteiger partial charge in [-0.1, -0.05) is 35.9 Å². The van der Waals surface area contributed by atoms with Gasteiger partial charge in [-0.3, -0.25) is 9.52 Å². The Hall–Kier alpha value is -3.03. The SMILES string of the molecule is COc1ccc(Cl)cc1NC(=O)c1ccc(C)c(S(=O)(=O)Nc2ccccc2C)c1. The van der Waals surface area contributed by atoms with Crippen LogP contribution in [0.4, 0.5) is 11.4 Å². The fourth-order valence-electron chi connectivity index (χ4n) is 2.89. The molecule has 0 aliphatic heterocycles. The lowest BCUT2D eigenvalue weighted by Crippen LogP contribution is -2.17. The van der Waals surface area contributed by atoms with Crippen LogP contribution in [0.25, 0.3) is 0 Å². The lowest BCUT2D eigenvalue weighted by atomic mass is 10.1. The summed E-state index contributed by atoms with van der Waals surface area (Å²) < 4.78 is 33.8. The van der Waals surface area contributed by atoms with E-state index in [0.29, 0.717) is 27.7 Å². The number of ether oxygens (including phenoxy) is 1. The normalized spacial score (nSPS) is 11.1. The van der Waals surface area contributed by atoms with E-state index in [4.69, 9.17) is 16.3 Å². The van der Waals surface area contributed by atoms with Crippen LogP contribution in [0.5, 0.6) is 5.75 Å². The van der Waals surface area contributed by atoms with Crippen molar-refractivity contribution < 1.29 is 17.9 Å². The molecule has 0 saturated heterocycles. The number of carbonyl (C=O) groups excluding carboxylic acids is 1. The molecular formula is C22H21ClN2O4S. The molecule has 3 aromatic rings. The number of methoxy groups -OCH3 is 1. The topological polar surface area (TPSA) is 84.5 Å². The number of sulfonamides is 1. The molecule has 0 atom stereocenters. The molecule has 0 unspecified atom stereocenters. The van der Waals surface area contributed by atoms with Crippen LogP contribution in [0, 0.1) is 13.8 Å². The molecule has 0 bridgehead atoms. The first-order valence-electron chi connectivity index (χ1n) is 9.05. The average molecular weight is 445 g/mol. The van der Waals surface area contributed by atoms with Crippen molar-refractivity contribution in [2.24, 2.45) is 0 Å². The highest BCUT2D eigenvalue weighted by Gasteiger charge is 2.20. The monoisotopic (exact) mass is 444 g/mol. The van der Waals surface area contributed by atoms with E-state index in [9.17, 15) is 13.2 Å². The molecule has 156 valence electrons. The predicted molar refractivity (Wildman–Crippen MR) is 119 cm³/mol. The number of amides is 1. The molecule has 0 heterocycles. The summed E-state index contributed by atoms with van der Waals surface area (Å²) in [6.07, 6.45) is 0. The average Bonchev–Trinajstić information content (AvgIpc) is 2.70. The zero-order valence-electron chi connectivity index (χ0n) is 16.7. The Morgan fingerprint density at radius 1 is 0.933 bits per heavy atom. The second-order valence-electron chi connectivity index (χ2n) is 6.70. The zero-order chi connectivity index (χ0) is 21.9. The molecule has 0 aliphatic carbocycles. The van der Waals surface area contributed by atoms with Gasteiger partial charge >= 0.3 is 0 Å². The number of hydrogen-bond donors (Lipinski definition) is 2. The number of hydrogen-bond acceptors (Lipinski definition) is 4. The van der Waals surface area contributed by atoms with Crippen LogP contribution in [0.2, 0.25) is 5.02 Å². The van der Waals surface area contributed by atoms with Gasteiger partial charge in [-0.25, -0.2) is 8.42 Å². The highest BCUT2D eigenvalue weighted by Crippen LogP contribution is 2.29. The minimum Gasteiger partial charge on any atom is -0.495 e. The van der Waals surface area contributed by atoms with E-state index in [1.807, 2.05) is 19.1 Å². The van der Waals surface area contributed by atoms with Gasteiger partial charge in [0, 0.05) is 10.6 Å². The van der Waals surface area contributed by atoms with Gasteiger partial charge in [0.05, 0.1) is 23.4 Å². The van der Waals surface area contributed by atoms with Crippen LogP contribution in [0.1, 0.15) is 21.5 Å². The Kier molecular flexibility index (Phi) is 6.34. The van der Waals surface area contributed by atoms with Crippen molar-refractivity contribution in [1.82, 2.24) is 0 Å². The predicted octanol–water partition coefficient (Wildman–Crippen LogP) is 5.02. The minimum atomic E-state index is -3.89. The molecular weight excluding hydrogens is 424 g/mol. The Labute approximate surface area is 180 Å². The number of halogens is 1. The number of anilines is 2. The minimum absolute atomic E-state index is 0.0245. The van der Waals surface area contributed by atoms with Crippen molar-refractivity contribution in [2.45, 2.75) is 18.7 Å². The van der Waals surface area contributed by atoms with E-state index < -0.39 is 15.9 Å². The molecule has 3 aromatic carbocycles. The second kappa shape index (κ2) is 8.77. The zero-order valence-corrected chi connectivity index (χ0v) is 18.3. The highest BCUT2D eigenvalue weighted by molar-refractivity contribution is 7.92. The van der Waals surface area contributed by atoms with Crippen molar-refractivity contribution in [1.29, 1.82) is 0 Å². The molecule has 3 rings (SSSR count). The van der Waals surface area contributed by atoms with Crippen molar-refractivity contribution in [3.63, 3.8) is 0 Å². The Morgan fingerprint density at radius 3 is 2.37 bits per heavy atom. The fourth-order valence-corrected chi connectivity index (χ4v) is 4.47. The molecule has 1 amide bonds. The van der Waals surface area contributed by atoms with Crippen LogP contribution in [-0.2, 0) is 10.0 Å². The Bertz CT molecular complexity index is 1210. The maximum atomic E-state index is 13.0. The van der Waals surface area contributed by atoms with Crippen LogP contribution in [-0.4, -0.2) is 21.4 Å². The summed E-state index contributed by atoms with van der Waals surface area (Å²) in [5, 5.41) is 3.14. The summed E-state index contributed by atoms with van der Waals surface area (Å²) in [5.74, 6) is -0.0446.